The average Bonchev–Trinajstić information content (AvgIpc) is 3.35. The molecule has 0 spiro atoms. The highest BCUT2D eigenvalue weighted by atomic mass is 32.2. The van der Waals surface area contributed by atoms with E-state index in [1.165, 1.54) is 16.9 Å². The predicted molar refractivity (Wildman–Crippen MR) is 160 cm³/mol. The molecule has 4 rings (SSSR count). The number of thiazole rings is 1. The molecule has 2 aliphatic heterocycles. The zero-order valence-electron chi connectivity index (χ0n) is 20.5. The molecule has 0 atom stereocenters. The van der Waals surface area contributed by atoms with Crippen molar-refractivity contribution in [1.82, 2.24) is 4.57 Å². The molecule has 2 aromatic rings. The van der Waals surface area contributed by atoms with Gasteiger partial charge in [-0.15, -0.1) is 11.3 Å². The van der Waals surface area contributed by atoms with Gasteiger partial charge in [0.1, 0.15) is 0 Å². The molecule has 1 N–H and O–H groups in total. The van der Waals surface area contributed by atoms with Gasteiger partial charge >= 0.3 is 5.97 Å². The van der Waals surface area contributed by atoms with Gasteiger partial charge in [-0.3, -0.25) is 9.36 Å². The summed E-state index contributed by atoms with van der Waals surface area (Å²) >= 11 is 12.1. The van der Waals surface area contributed by atoms with Crippen LogP contribution >= 0.6 is 58.8 Å². The Hall–Kier alpha value is -1.59. The van der Waals surface area contributed by atoms with E-state index in [2.05, 4.69) is 30.2 Å². The molecule has 192 valence electrons. The van der Waals surface area contributed by atoms with Crippen molar-refractivity contribution < 1.29 is 14.6 Å². The highest BCUT2D eigenvalue weighted by molar-refractivity contribution is 8.03. The number of ether oxygens (including phenoxy) is 1. The number of hydrogen-bond acceptors (Lipinski definition) is 9. The number of esters is 1. The second kappa shape index (κ2) is 12.3. The summed E-state index contributed by atoms with van der Waals surface area (Å²) in [5.74, 6) is 4.26. The van der Waals surface area contributed by atoms with Crippen molar-refractivity contribution in [3.63, 3.8) is 0 Å². The van der Waals surface area contributed by atoms with Crippen LogP contribution in [0.15, 0.2) is 58.5 Å². The minimum Gasteiger partial charge on any atom is -0.493 e. The predicted octanol–water partition coefficient (Wildman–Crippen LogP) is 6.96. The minimum atomic E-state index is -0.180. The monoisotopic (exact) mass is 578 g/mol. The number of hydrogen-bond donors (Lipinski definition) is 1. The zero-order valence-corrected chi connectivity index (χ0v) is 24.5. The Balaban J connectivity index is 1.45. The molecule has 5 nitrogen and oxygen atoms in total. The van der Waals surface area contributed by atoms with Gasteiger partial charge in [-0.2, -0.15) is 23.5 Å². The van der Waals surface area contributed by atoms with Crippen molar-refractivity contribution in [3.8, 4) is 5.88 Å². The summed E-state index contributed by atoms with van der Waals surface area (Å²) in [5.41, 5.74) is 4.02. The van der Waals surface area contributed by atoms with Gasteiger partial charge in [0.25, 0.3) is 0 Å². The normalized spacial score (nSPS) is 17.9. The van der Waals surface area contributed by atoms with Gasteiger partial charge in [-0.25, -0.2) is 0 Å². The first-order chi connectivity index (χ1) is 17.3. The van der Waals surface area contributed by atoms with Crippen LogP contribution in [0.25, 0.3) is 5.57 Å². The van der Waals surface area contributed by atoms with Crippen molar-refractivity contribution in [1.29, 1.82) is 0 Å². The largest absolute Gasteiger partial charge is 0.493 e. The van der Waals surface area contributed by atoms with Crippen molar-refractivity contribution >= 4 is 76.1 Å². The second-order valence-electron chi connectivity index (χ2n) is 8.79. The molecule has 0 radical (unpaired) electrons. The first-order valence-electron chi connectivity index (χ1n) is 11.6. The SMILES string of the molecule is C=C1CSCC(COC(=O)CCN2C(=C(C)C(=C)c3sc(=S)n(C)c3O)Sc3ccccc32)CSC1. The van der Waals surface area contributed by atoms with Gasteiger partial charge in [0.05, 0.1) is 28.6 Å². The smallest absolute Gasteiger partial charge is 0.307 e. The van der Waals surface area contributed by atoms with Crippen LogP contribution in [-0.4, -0.2) is 51.8 Å². The Morgan fingerprint density at radius 2 is 1.94 bits per heavy atom. The molecule has 36 heavy (non-hydrogen) atoms. The summed E-state index contributed by atoms with van der Waals surface area (Å²) in [6.45, 7) is 11.3. The topological polar surface area (TPSA) is 54.7 Å². The summed E-state index contributed by atoms with van der Waals surface area (Å²) in [5, 5.41) is 11.5. The van der Waals surface area contributed by atoms with Gasteiger partial charge in [0.15, 0.2) is 3.95 Å². The maximum Gasteiger partial charge on any atom is 0.307 e. The summed E-state index contributed by atoms with van der Waals surface area (Å²) in [7, 11) is 1.75. The number of anilines is 1. The number of aromatic nitrogens is 1. The molecule has 10 heteroatoms. The molecule has 1 fully saturated rings. The van der Waals surface area contributed by atoms with Crippen LogP contribution in [0.3, 0.4) is 0 Å². The summed E-state index contributed by atoms with van der Waals surface area (Å²) < 4.78 is 7.88. The molecule has 0 unspecified atom stereocenters. The average molecular weight is 579 g/mol. The van der Waals surface area contributed by atoms with E-state index in [0.717, 1.165) is 49.8 Å². The number of para-hydroxylation sites is 1. The zero-order chi connectivity index (χ0) is 25.8. The van der Waals surface area contributed by atoms with E-state index in [0.29, 0.717) is 27.9 Å². The molecule has 0 aliphatic carbocycles. The van der Waals surface area contributed by atoms with Crippen molar-refractivity contribution in [2.24, 2.45) is 13.0 Å². The Morgan fingerprint density at radius 1 is 1.25 bits per heavy atom. The molecular weight excluding hydrogens is 549 g/mol. The molecule has 1 aromatic carbocycles. The first kappa shape index (κ1) is 27.4. The lowest BCUT2D eigenvalue weighted by molar-refractivity contribution is -0.144. The first-order valence-corrected chi connectivity index (χ1v) is 15.9. The van der Waals surface area contributed by atoms with Crippen LogP contribution in [-0.2, 0) is 16.6 Å². The van der Waals surface area contributed by atoms with Gasteiger partial charge < -0.3 is 14.7 Å². The van der Waals surface area contributed by atoms with E-state index in [9.17, 15) is 9.90 Å². The van der Waals surface area contributed by atoms with Crippen molar-refractivity contribution in [2.75, 3.05) is 41.1 Å². The van der Waals surface area contributed by atoms with Crippen LogP contribution in [0.4, 0.5) is 5.69 Å². The van der Waals surface area contributed by atoms with Crippen LogP contribution < -0.4 is 4.90 Å². The fraction of sp³-hybridized carbons (Fsp3) is 0.385. The second-order valence-corrected chi connectivity index (χ2v) is 13.5. The summed E-state index contributed by atoms with van der Waals surface area (Å²) in [6.07, 6.45) is 0.289. The van der Waals surface area contributed by atoms with Gasteiger partial charge in [-0.1, -0.05) is 42.6 Å². The molecule has 1 saturated heterocycles. The standard InChI is InChI=1S/C26H30N2O3S5/c1-16-12-33-14-19(15-34-13-16)11-31-22(29)9-10-28-20-7-5-6-8-21(20)35-25(28)18(3)17(2)23-24(30)27(4)26(32)36-23/h5-8,19,30H,1-2,9-15H2,3-4H3. The van der Waals surface area contributed by atoms with Crippen LogP contribution in [0, 0.1) is 9.87 Å². The maximum absolute atomic E-state index is 12.7. The van der Waals surface area contributed by atoms with Crippen molar-refractivity contribution in [2.45, 2.75) is 18.2 Å². The molecular formula is C26H30N2O3S5. The van der Waals surface area contributed by atoms with E-state index >= 15 is 0 Å². The Labute approximate surface area is 234 Å². The number of aromatic hydroxyl groups is 1. The molecule has 0 amide bonds. The summed E-state index contributed by atoms with van der Waals surface area (Å²) in [6, 6.07) is 8.17. The number of nitrogens with zero attached hydrogens (tertiary/aromatic N) is 2. The Kier molecular flexibility index (Phi) is 9.38. The molecule has 0 saturated carbocycles. The van der Waals surface area contributed by atoms with E-state index in [1.54, 1.807) is 23.4 Å². The summed E-state index contributed by atoms with van der Waals surface area (Å²) in [4.78, 5) is 16.7. The van der Waals surface area contributed by atoms with Crippen LogP contribution in [0.1, 0.15) is 18.2 Å². The van der Waals surface area contributed by atoms with Crippen molar-refractivity contribution in [3.05, 3.63) is 62.4 Å². The van der Waals surface area contributed by atoms with Gasteiger partial charge in [0, 0.05) is 47.4 Å². The minimum absolute atomic E-state index is 0.125. The number of allylic oxidation sites excluding steroid dienone is 2. The number of carbonyl (C=O) groups is 1. The Morgan fingerprint density at radius 3 is 2.61 bits per heavy atom. The van der Waals surface area contributed by atoms with E-state index in [1.807, 2.05) is 42.6 Å². The number of carbonyl (C=O) groups excluding carboxylic acids is 1. The molecule has 1 aromatic heterocycles. The fourth-order valence-electron chi connectivity index (χ4n) is 3.88. The van der Waals surface area contributed by atoms with Gasteiger partial charge in [0.2, 0.25) is 5.88 Å². The number of benzene rings is 1. The lowest BCUT2D eigenvalue weighted by atomic mass is 10.1. The van der Waals surface area contributed by atoms with E-state index in [4.69, 9.17) is 17.0 Å². The molecule has 0 bridgehead atoms. The molecule has 3 heterocycles. The maximum atomic E-state index is 12.7. The highest BCUT2D eigenvalue weighted by Crippen LogP contribution is 2.49. The van der Waals surface area contributed by atoms with E-state index < -0.39 is 0 Å². The highest BCUT2D eigenvalue weighted by Gasteiger charge is 2.29. The van der Waals surface area contributed by atoms with Gasteiger partial charge in [-0.05, 0) is 42.4 Å². The third-order valence-corrected chi connectivity index (χ3v) is 11.5. The number of fused-ring (bicyclic) bond motifs is 1. The van der Waals surface area contributed by atoms with Crippen LogP contribution in [0.5, 0.6) is 5.88 Å². The quantitative estimate of drug-likeness (QED) is 0.215. The number of thioether (sulfide) groups is 3. The fourth-order valence-corrected chi connectivity index (χ4v) is 8.73. The lowest BCUT2D eigenvalue weighted by Gasteiger charge is -2.23. The third kappa shape index (κ3) is 6.27. The number of rotatable bonds is 7. The Bertz CT molecular complexity index is 1250. The molecule has 2 aliphatic rings. The van der Waals surface area contributed by atoms with Crippen LogP contribution in [0.2, 0.25) is 0 Å². The lowest BCUT2D eigenvalue weighted by Crippen LogP contribution is -2.25. The third-order valence-electron chi connectivity index (χ3n) is 5.98. The van der Waals surface area contributed by atoms with E-state index in [-0.39, 0.29) is 18.3 Å².